The van der Waals surface area contributed by atoms with Crippen LogP contribution in [0.4, 0.5) is 5.82 Å². The van der Waals surface area contributed by atoms with Gasteiger partial charge in [-0.3, -0.25) is 9.36 Å². The van der Waals surface area contributed by atoms with Crippen molar-refractivity contribution in [1.29, 1.82) is 0 Å². The summed E-state index contributed by atoms with van der Waals surface area (Å²) in [6.45, 7) is 16.0. The van der Waals surface area contributed by atoms with Crippen molar-refractivity contribution in [3.05, 3.63) is 151 Å². The van der Waals surface area contributed by atoms with Gasteiger partial charge in [0.15, 0.2) is 48.3 Å². The number of esters is 3. The molecule has 0 saturated carbocycles. The quantitative estimate of drug-likeness (QED) is 0.0482. The molecule has 0 spiro atoms. The molecule has 77 heavy (non-hydrogen) atoms. The van der Waals surface area contributed by atoms with E-state index in [1.165, 1.54) is 12.7 Å². The van der Waals surface area contributed by atoms with Crippen LogP contribution in [-0.4, -0.2) is 123 Å². The fourth-order valence-corrected chi connectivity index (χ4v) is 21.4. The third-order valence-corrected chi connectivity index (χ3v) is 24.3. The summed E-state index contributed by atoms with van der Waals surface area (Å²) < 4.78 is 69.2. The van der Waals surface area contributed by atoms with E-state index in [0.29, 0.717) is 11.3 Å². The first-order chi connectivity index (χ1) is 37.1. The lowest BCUT2D eigenvalue weighted by Crippen LogP contribution is -2.66. The molecule has 0 unspecified atom stereocenters. The number of carbonyl (C=O) groups is 4. The van der Waals surface area contributed by atoms with Crippen LogP contribution in [-0.2, 0) is 46.2 Å². The molecule has 1 N–H and O–H groups in total. The Hall–Kier alpha value is -6.70. The molecule has 3 saturated heterocycles. The van der Waals surface area contributed by atoms with Crippen molar-refractivity contribution in [2.45, 2.75) is 127 Å². The van der Waals surface area contributed by atoms with Gasteiger partial charge in [-0.25, -0.2) is 29.3 Å². The van der Waals surface area contributed by atoms with E-state index in [0.717, 1.165) is 0 Å². The van der Waals surface area contributed by atoms with Crippen molar-refractivity contribution in [1.82, 2.24) is 19.5 Å². The lowest BCUT2D eigenvalue weighted by molar-refractivity contribution is -0.220. The average Bonchev–Trinajstić information content (AvgIpc) is 4.23. The highest BCUT2D eigenvalue weighted by Gasteiger charge is 2.63. The largest absolute Gasteiger partial charge is 0.482 e. The van der Waals surface area contributed by atoms with Crippen LogP contribution in [0.15, 0.2) is 134 Å². The van der Waals surface area contributed by atoms with Crippen LogP contribution >= 0.6 is 0 Å². The number of hydrogen-bond acceptors (Lipinski definition) is 17. The van der Waals surface area contributed by atoms with Gasteiger partial charge >= 0.3 is 35.0 Å². The third kappa shape index (κ3) is 11.8. The molecule has 19 nitrogen and oxygen atoms in total. The summed E-state index contributed by atoms with van der Waals surface area (Å²) in [6.07, 6.45) is -6.99. The number of carbonyl (C=O) groups excluding carboxylic acids is 4. The number of anilines is 1. The Labute approximate surface area is 449 Å². The topological polar surface area (TPSA) is 216 Å². The first-order valence-electron chi connectivity index (χ1n) is 26.0. The number of imidazole rings is 1. The second-order valence-electron chi connectivity index (χ2n) is 20.4. The molecule has 0 radical (unpaired) electrons. The number of nitrogens with zero attached hydrogens (tertiary/aromatic N) is 4. The number of amides is 1. The Balaban J connectivity index is 1.14. The molecule has 406 valence electrons. The van der Waals surface area contributed by atoms with Crippen molar-refractivity contribution in [2.24, 2.45) is 0 Å². The Morgan fingerprint density at radius 1 is 0.662 bits per heavy atom. The Morgan fingerprint density at radius 3 is 1.81 bits per heavy atom. The molecule has 6 aromatic rings. The number of nitrogens with one attached hydrogen (secondary N) is 1. The number of aromatic nitrogens is 4. The molecule has 5 heterocycles. The monoisotopic (exact) mass is 1090 g/mol. The van der Waals surface area contributed by atoms with Crippen molar-refractivity contribution in [2.75, 3.05) is 25.1 Å². The minimum atomic E-state index is -3.41. The normalized spacial score (nSPS) is 23.8. The van der Waals surface area contributed by atoms with Gasteiger partial charge in [0, 0.05) is 5.56 Å². The van der Waals surface area contributed by atoms with Crippen LogP contribution in [0.5, 0.6) is 5.75 Å². The minimum Gasteiger partial charge on any atom is -0.482 e. The molecule has 21 heteroatoms. The van der Waals surface area contributed by atoms with Gasteiger partial charge in [-0.15, -0.1) is 0 Å². The predicted octanol–water partition coefficient (Wildman–Crippen LogP) is 9.12. The van der Waals surface area contributed by atoms with E-state index >= 15 is 0 Å². The molecule has 3 aliphatic heterocycles. The number of ether oxygens (including phenoxy) is 7. The minimum absolute atomic E-state index is 0.0218. The zero-order valence-electron chi connectivity index (χ0n) is 44.3. The molecule has 0 bridgehead atoms. The number of fused-ring (bicyclic) bond motifs is 2. The Kier molecular flexibility index (Phi) is 17.1. The molecule has 0 aliphatic carbocycles. The van der Waals surface area contributed by atoms with E-state index in [1.54, 1.807) is 114 Å². The van der Waals surface area contributed by atoms with E-state index in [2.05, 4.69) is 70.7 Å². The molecule has 4 aromatic carbocycles. The summed E-state index contributed by atoms with van der Waals surface area (Å²) in [6, 6.07) is 34.1. The SMILES string of the molecule is CC(C)[Si]1(C(C)C)OC[C@H]2O[C@@H](n3cnc4c(NC(=O)c5ccccc5)ncnc43)[C@H](O[C@@H]3O[C@H](COC(=O)COc4ccccc4)[C@@H](OC(=O)c4ccccc4)[C@H]3OC(=O)c3ccccc3)[C@@H]2O[Si](C(C)C)(C(C)C)O1. The van der Waals surface area contributed by atoms with Crippen molar-refractivity contribution >= 4 is 57.9 Å². The van der Waals surface area contributed by atoms with Gasteiger partial charge in [0.1, 0.15) is 43.1 Å². The van der Waals surface area contributed by atoms with Gasteiger partial charge in [0.05, 0.1) is 24.1 Å². The van der Waals surface area contributed by atoms with Crippen molar-refractivity contribution < 1.29 is 65.3 Å². The summed E-state index contributed by atoms with van der Waals surface area (Å²) in [4.78, 5) is 69.0. The van der Waals surface area contributed by atoms with Gasteiger partial charge < -0.3 is 51.4 Å². The van der Waals surface area contributed by atoms with E-state index in [-0.39, 0.29) is 56.9 Å². The summed E-state index contributed by atoms with van der Waals surface area (Å²) in [5.41, 5.74) is 1.15. The van der Waals surface area contributed by atoms with Crippen LogP contribution < -0.4 is 10.1 Å². The third-order valence-electron chi connectivity index (χ3n) is 14.1. The van der Waals surface area contributed by atoms with Gasteiger partial charge in [-0.2, -0.15) is 0 Å². The summed E-state index contributed by atoms with van der Waals surface area (Å²) in [5.74, 6) is -2.10. The van der Waals surface area contributed by atoms with Gasteiger partial charge in [0.2, 0.25) is 0 Å². The zero-order chi connectivity index (χ0) is 54.4. The molecule has 3 aliphatic rings. The van der Waals surface area contributed by atoms with Crippen LogP contribution in [0.3, 0.4) is 0 Å². The lowest BCUT2D eigenvalue weighted by Gasteiger charge is -2.51. The highest BCUT2D eigenvalue weighted by atomic mass is 28.5. The average molecular weight is 1090 g/mol. The summed E-state index contributed by atoms with van der Waals surface area (Å²) in [7, 11) is -6.50. The molecule has 8 atom stereocenters. The summed E-state index contributed by atoms with van der Waals surface area (Å²) in [5, 5.41) is 2.88. The number of para-hydroxylation sites is 1. The highest BCUT2D eigenvalue weighted by molar-refractivity contribution is 6.84. The maximum Gasteiger partial charge on any atom is 0.344 e. The van der Waals surface area contributed by atoms with Crippen LogP contribution in [0.25, 0.3) is 11.2 Å². The smallest absolute Gasteiger partial charge is 0.344 e. The first kappa shape index (κ1) is 55.1. The zero-order valence-corrected chi connectivity index (χ0v) is 46.3. The standard InChI is InChI=1S/C56H65N5O14Si2/c1-34(2)76(35(3)4)68-30-43-47(74-77(75-76,36(5)6)37(7)8)48(53(69-43)61-33-59-45-50(57-32-58-51(45)61)60-52(63)38-21-13-9-14-22-38)73-56-49(72-55(65)40-25-17-11-18-26-40)46(71-54(64)39-23-15-10-16-24-39)42(70-56)29-67-44(62)31-66-41-27-19-12-20-28-41/h9-28,32-37,42-43,46-49,53,56H,29-31H2,1-8H3,(H,57,58,60,63)/t42-,43-,46-,47-,48-,49-,53-,56+/m1/s1. The predicted molar refractivity (Wildman–Crippen MR) is 285 cm³/mol. The van der Waals surface area contributed by atoms with Crippen molar-refractivity contribution in [3.8, 4) is 5.75 Å². The second-order valence-corrected chi connectivity index (χ2v) is 29.2. The maximum atomic E-state index is 14.3. The number of benzene rings is 4. The molecule has 1 amide bonds. The molecule has 2 aromatic heterocycles. The summed E-state index contributed by atoms with van der Waals surface area (Å²) >= 11 is 0. The van der Waals surface area contributed by atoms with E-state index in [9.17, 15) is 19.2 Å². The maximum absolute atomic E-state index is 14.3. The Bertz CT molecular complexity index is 2960. The van der Waals surface area contributed by atoms with Gasteiger partial charge in [0.25, 0.3) is 5.91 Å². The van der Waals surface area contributed by atoms with E-state index in [1.807, 2.05) is 12.1 Å². The van der Waals surface area contributed by atoms with Crippen LogP contribution in [0.1, 0.15) is 92.7 Å². The number of hydrogen-bond donors (Lipinski definition) is 1. The molecular formula is C56H65N5O14Si2. The number of rotatable bonds is 18. The van der Waals surface area contributed by atoms with Crippen molar-refractivity contribution in [3.63, 3.8) is 0 Å². The van der Waals surface area contributed by atoms with E-state index < -0.39 is 103 Å². The van der Waals surface area contributed by atoms with Crippen LogP contribution in [0, 0.1) is 0 Å². The fourth-order valence-electron chi connectivity index (χ4n) is 10.2. The molecular weight excluding hydrogens is 1020 g/mol. The molecule has 9 rings (SSSR count). The van der Waals surface area contributed by atoms with Gasteiger partial charge in [-0.1, -0.05) is 128 Å². The lowest BCUT2D eigenvalue weighted by atomic mass is 10.1. The Morgan fingerprint density at radius 2 is 1.22 bits per heavy atom. The van der Waals surface area contributed by atoms with E-state index in [4.69, 9.17) is 51.1 Å². The first-order valence-corrected chi connectivity index (χ1v) is 29.9. The highest BCUT2D eigenvalue weighted by Crippen LogP contribution is 2.50. The molecule has 3 fully saturated rings. The van der Waals surface area contributed by atoms with Gasteiger partial charge in [-0.05, 0) is 70.7 Å². The fraction of sp³-hybridized carbons (Fsp3) is 0.411. The second kappa shape index (κ2) is 23.9. The van der Waals surface area contributed by atoms with Crippen LogP contribution in [0.2, 0.25) is 22.2 Å².